The summed E-state index contributed by atoms with van der Waals surface area (Å²) in [6.45, 7) is 1.58. The molecule has 1 aliphatic heterocycles. The summed E-state index contributed by atoms with van der Waals surface area (Å²) in [6.07, 6.45) is 4.70. The molecule has 0 unspecified atom stereocenters. The van der Waals surface area contributed by atoms with E-state index in [1.54, 1.807) is 12.1 Å². The minimum absolute atomic E-state index is 0.0666. The highest BCUT2D eigenvalue weighted by Crippen LogP contribution is 2.21. The zero-order valence-corrected chi connectivity index (χ0v) is 16.2. The second-order valence-corrected chi connectivity index (χ2v) is 7.63. The van der Waals surface area contributed by atoms with Crippen LogP contribution in [0.25, 0.3) is 0 Å². The Hall–Kier alpha value is -2.67. The van der Waals surface area contributed by atoms with Crippen LogP contribution >= 0.6 is 0 Å². The first-order chi connectivity index (χ1) is 13.6. The number of carbonyl (C=O) groups excluding carboxylic acids is 2. The summed E-state index contributed by atoms with van der Waals surface area (Å²) in [5, 5.41) is 14.1. The third-order valence-electron chi connectivity index (χ3n) is 5.77. The Morgan fingerprint density at radius 2 is 1.75 bits per heavy atom. The van der Waals surface area contributed by atoms with Gasteiger partial charge in [-0.25, -0.2) is 0 Å². The van der Waals surface area contributed by atoms with Gasteiger partial charge in [-0.15, -0.1) is 0 Å². The van der Waals surface area contributed by atoms with Crippen molar-refractivity contribution in [3.8, 4) is 0 Å². The van der Waals surface area contributed by atoms with Gasteiger partial charge in [0.2, 0.25) is 0 Å². The van der Waals surface area contributed by atoms with Gasteiger partial charge >= 0.3 is 0 Å². The highest BCUT2D eigenvalue weighted by Gasteiger charge is 2.31. The second kappa shape index (κ2) is 8.14. The predicted molar refractivity (Wildman–Crippen MR) is 106 cm³/mol. The molecule has 2 aromatic rings. The lowest BCUT2D eigenvalue weighted by Crippen LogP contribution is -2.53. The predicted octanol–water partition coefficient (Wildman–Crippen LogP) is 1.54. The van der Waals surface area contributed by atoms with Crippen LogP contribution in [0.1, 0.15) is 57.8 Å². The van der Waals surface area contributed by atoms with Gasteiger partial charge in [-0.2, -0.15) is 5.10 Å². The molecule has 0 spiro atoms. The number of aryl methyl sites for hydroxylation is 1. The van der Waals surface area contributed by atoms with Crippen molar-refractivity contribution in [2.24, 2.45) is 7.05 Å². The van der Waals surface area contributed by atoms with E-state index in [1.165, 1.54) is 0 Å². The lowest BCUT2D eigenvalue weighted by atomic mass is 9.89. The molecular formula is C21H27N5O2. The van der Waals surface area contributed by atoms with Crippen LogP contribution in [0.4, 0.5) is 0 Å². The van der Waals surface area contributed by atoms with Gasteiger partial charge in [-0.3, -0.25) is 14.3 Å². The molecule has 4 rings (SSSR count). The van der Waals surface area contributed by atoms with Crippen LogP contribution in [0.15, 0.2) is 30.3 Å². The molecule has 0 saturated heterocycles. The van der Waals surface area contributed by atoms with Crippen molar-refractivity contribution in [1.82, 2.24) is 25.7 Å². The fraction of sp³-hybridized carbons (Fsp3) is 0.476. The average Bonchev–Trinajstić information content (AvgIpc) is 3.07. The van der Waals surface area contributed by atoms with Crippen molar-refractivity contribution in [2.75, 3.05) is 6.54 Å². The summed E-state index contributed by atoms with van der Waals surface area (Å²) in [5.74, 6) is -0.238. The SMILES string of the molecule is Cn1nc(C(=O)N[C@@H]2CCCC[C@H]2NC(=O)c2ccccc2)c2c1CCNC2. The molecule has 2 atom stereocenters. The van der Waals surface area contributed by atoms with E-state index in [-0.39, 0.29) is 23.9 Å². The Morgan fingerprint density at radius 1 is 1.07 bits per heavy atom. The zero-order chi connectivity index (χ0) is 19.5. The molecule has 1 saturated carbocycles. The first-order valence-electron chi connectivity index (χ1n) is 10.1. The van der Waals surface area contributed by atoms with Gasteiger partial charge in [0, 0.05) is 55.5 Å². The lowest BCUT2D eigenvalue weighted by molar-refractivity contribution is 0.0859. The van der Waals surface area contributed by atoms with Gasteiger partial charge in [0.05, 0.1) is 0 Å². The molecule has 2 aliphatic rings. The number of nitrogens with zero attached hydrogens (tertiary/aromatic N) is 2. The second-order valence-electron chi connectivity index (χ2n) is 7.63. The van der Waals surface area contributed by atoms with E-state index < -0.39 is 0 Å². The number of nitrogens with one attached hydrogen (secondary N) is 3. The van der Waals surface area contributed by atoms with E-state index in [0.29, 0.717) is 17.8 Å². The van der Waals surface area contributed by atoms with Crippen LogP contribution in [-0.4, -0.2) is 40.2 Å². The molecule has 0 bridgehead atoms. The highest BCUT2D eigenvalue weighted by atomic mass is 16.2. The fourth-order valence-electron chi connectivity index (χ4n) is 4.26. The maximum absolute atomic E-state index is 13.0. The minimum atomic E-state index is -0.147. The van der Waals surface area contributed by atoms with E-state index in [9.17, 15) is 9.59 Å². The van der Waals surface area contributed by atoms with Gasteiger partial charge in [-0.05, 0) is 25.0 Å². The summed E-state index contributed by atoms with van der Waals surface area (Å²) >= 11 is 0. The number of hydrogen-bond donors (Lipinski definition) is 3. The monoisotopic (exact) mass is 381 g/mol. The largest absolute Gasteiger partial charge is 0.347 e. The molecule has 0 radical (unpaired) electrons. The van der Waals surface area contributed by atoms with E-state index in [2.05, 4.69) is 21.0 Å². The molecule has 1 aromatic heterocycles. The van der Waals surface area contributed by atoms with Crippen molar-refractivity contribution in [3.63, 3.8) is 0 Å². The summed E-state index contributed by atoms with van der Waals surface area (Å²) in [5.41, 5.74) is 3.26. The third kappa shape index (κ3) is 3.80. The smallest absolute Gasteiger partial charge is 0.272 e. The lowest BCUT2D eigenvalue weighted by Gasteiger charge is -2.32. The molecule has 3 N–H and O–H groups in total. The Bertz CT molecular complexity index is 861. The highest BCUT2D eigenvalue weighted by molar-refractivity contribution is 5.95. The minimum Gasteiger partial charge on any atom is -0.347 e. The first kappa shape index (κ1) is 18.7. The van der Waals surface area contributed by atoms with E-state index in [0.717, 1.165) is 49.9 Å². The van der Waals surface area contributed by atoms with Crippen LogP contribution in [0.3, 0.4) is 0 Å². The molecule has 2 amide bonds. The Labute approximate surface area is 164 Å². The number of rotatable bonds is 4. The first-order valence-corrected chi connectivity index (χ1v) is 10.1. The molecule has 7 nitrogen and oxygen atoms in total. The van der Waals surface area contributed by atoms with Gasteiger partial charge < -0.3 is 16.0 Å². The van der Waals surface area contributed by atoms with Gasteiger partial charge in [-0.1, -0.05) is 31.0 Å². The van der Waals surface area contributed by atoms with Crippen molar-refractivity contribution < 1.29 is 9.59 Å². The molecule has 148 valence electrons. The number of benzene rings is 1. The number of carbonyl (C=O) groups is 2. The van der Waals surface area contributed by atoms with E-state index >= 15 is 0 Å². The standard InChI is InChI=1S/C21H27N5O2/c1-26-18-11-12-22-13-15(18)19(25-26)21(28)24-17-10-6-5-9-16(17)23-20(27)14-7-3-2-4-8-14/h2-4,7-8,16-17,22H,5-6,9-13H2,1H3,(H,23,27)(H,24,28)/t16-,17-/m1/s1. The number of hydrogen-bond acceptors (Lipinski definition) is 4. The van der Waals surface area contributed by atoms with Crippen LogP contribution in [-0.2, 0) is 20.0 Å². The molecule has 1 aromatic carbocycles. The van der Waals surface area contributed by atoms with Gasteiger partial charge in [0.25, 0.3) is 11.8 Å². The van der Waals surface area contributed by atoms with Crippen LogP contribution in [0.5, 0.6) is 0 Å². The Kier molecular flexibility index (Phi) is 5.43. The number of amides is 2. The topological polar surface area (TPSA) is 88.1 Å². The average molecular weight is 381 g/mol. The van der Waals surface area contributed by atoms with Crippen molar-refractivity contribution in [2.45, 2.75) is 50.7 Å². The molecule has 1 aliphatic carbocycles. The summed E-state index contributed by atoms with van der Waals surface area (Å²) in [4.78, 5) is 25.5. The van der Waals surface area contributed by atoms with Gasteiger partial charge in [0.15, 0.2) is 5.69 Å². The van der Waals surface area contributed by atoms with Gasteiger partial charge in [0.1, 0.15) is 0 Å². The van der Waals surface area contributed by atoms with E-state index in [4.69, 9.17) is 0 Å². The normalized spacial score (nSPS) is 21.6. The van der Waals surface area contributed by atoms with Crippen LogP contribution in [0.2, 0.25) is 0 Å². The van der Waals surface area contributed by atoms with Crippen molar-refractivity contribution in [3.05, 3.63) is 52.8 Å². The van der Waals surface area contributed by atoms with Crippen molar-refractivity contribution in [1.29, 1.82) is 0 Å². The molecular weight excluding hydrogens is 354 g/mol. The quantitative estimate of drug-likeness (QED) is 0.750. The summed E-state index contributed by atoms with van der Waals surface area (Å²) in [6, 6.07) is 9.06. The Balaban J connectivity index is 1.46. The molecule has 7 heteroatoms. The molecule has 2 heterocycles. The maximum Gasteiger partial charge on any atom is 0.272 e. The maximum atomic E-state index is 13.0. The molecule has 1 fully saturated rings. The zero-order valence-electron chi connectivity index (χ0n) is 16.2. The molecule has 28 heavy (non-hydrogen) atoms. The van der Waals surface area contributed by atoms with Crippen molar-refractivity contribution >= 4 is 11.8 Å². The number of fused-ring (bicyclic) bond motifs is 1. The third-order valence-corrected chi connectivity index (χ3v) is 5.77. The fourth-order valence-corrected chi connectivity index (χ4v) is 4.26. The summed E-state index contributed by atoms with van der Waals surface area (Å²) in [7, 11) is 1.89. The van der Waals surface area contributed by atoms with E-state index in [1.807, 2.05) is 29.9 Å². The number of aromatic nitrogens is 2. The summed E-state index contributed by atoms with van der Waals surface area (Å²) < 4.78 is 1.82. The van der Waals surface area contributed by atoms with Crippen LogP contribution < -0.4 is 16.0 Å². The van der Waals surface area contributed by atoms with Crippen LogP contribution in [0, 0.1) is 0 Å². The Morgan fingerprint density at radius 3 is 2.46 bits per heavy atom.